The lowest BCUT2D eigenvalue weighted by molar-refractivity contribution is 0.0946. The molecule has 1 amide bonds. The Balaban J connectivity index is 1.55. The highest BCUT2D eigenvalue weighted by Crippen LogP contribution is 2.25. The van der Waals surface area contributed by atoms with Gasteiger partial charge in [0.2, 0.25) is 0 Å². The summed E-state index contributed by atoms with van der Waals surface area (Å²) < 4.78 is 1.72. The summed E-state index contributed by atoms with van der Waals surface area (Å²) in [7, 11) is 0. The molecule has 0 aliphatic carbocycles. The van der Waals surface area contributed by atoms with Crippen LogP contribution in [0.2, 0.25) is 5.02 Å². The van der Waals surface area contributed by atoms with Crippen LogP contribution in [0.4, 0.5) is 0 Å². The van der Waals surface area contributed by atoms with E-state index in [1.54, 1.807) is 47.0 Å². The number of hydrogen-bond acceptors (Lipinski definition) is 5. The topological polar surface area (TPSA) is 110 Å². The van der Waals surface area contributed by atoms with Gasteiger partial charge in [-0.15, -0.1) is 0 Å². The predicted octanol–water partition coefficient (Wildman–Crippen LogP) is 4.56. The number of amides is 1. The summed E-state index contributed by atoms with van der Waals surface area (Å²) in [6, 6.07) is 21.0. The molecule has 0 unspecified atom stereocenters. The van der Waals surface area contributed by atoms with Gasteiger partial charge in [0.25, 0.3) is 5.91 Å². The summed E-state index contributed by atoms with van der Waals surface area (Å²) in [6.07, 6.45) is 1.41. The van der Waals surface area contributed by atoms with Gasteiger partial charge in [0.15, 0.2) is 17.0 Å². The molecule has 8 nitrogen and oxygen atoms in total. The molecule has 2 aromatic heterocycles. The zero-order chi connectivity index (χ0) is 25.2. The Hall–Kier alpha value is -4.56. The molecule has 5 aromatic rings. The summed E-state index contributed by atoms with van der Waals surface area (Å²) in [5.41, 5.74) is 2.46. The minimum absolute atomic E-state index is 0.123. The zero-order valence-corrected chi connectivity index (χ0v) is 19.9. The van der Waals surface area contributed by atoms with Gasteiger partial charge in [0.1, 0.15) is 6.33 Å². The molecule has 0 aliphatic heterocycles. The van der Waals surface area contributed by atoms with Crippen LogP contribution in [0.5, 0.6) is 0 Å². The van der Waals surface area contributed by atoms with Gasteiger partial charge in [-0.25, -0.2) is 4.98 Å². The molecule has 2 N–H and O–H groups in total. The Morgan fingerprint density at radius 3 is 2.44 bits per heavy atom. The number of rotatable bonds is 6. The maximum absolute atomic E-state index is 13.5. The van der Waals surface area contributed by atoms with Gasteiger partial charge < -0.3 is 9.88 Å². The number of halogens is 1. The van der Waals surface area contributed by atoms with E-state index in [4.69, 9.17) is 11.6 Å². The van der Waals surface area contributed by atoms with Crippen LogP contribution in [0, 0.1) is 0 Å². The summed E-state index contributed by atoms with van der Waals surface area (Å²) in [5.74, 6) is -0.0974. The highest BCUT2D eigenvalue weighted by atomic mass is 35.5. The third kappa shape index (κ3) is 4.30. The first-order valence-electron chi connectivity index (χ1n) is 11.1. The molecular weight excluding hydrogens is 478 g/mol. The van der Waals surface area contributed by atoms with E-state index >= 15 is 0 Å². The standard InChI is InChI=1S/C27H20ClN5O3/c1-16(34)24-22(14-29-27(36)18-9-7-17(8-10-18)26-30-15-31-32-26)25(35)21-12-11-19(28)13-23(21)33(24)20-5-3-2-4-6-20/h2-13,15H,14H2,1H3,(H,29,36)(H,30,31,32). The maximum Gasteiger partial charge on any atom is 0.251 e. The third-order valence-electron chi connectivity index (χ3n) is 5.84. The second kappa shape index (κ2) is 9.59. The molecule has 0 saturated carbocycles. The first-order chi connectivity index (χ1) is 17.4. The molecule has 3 aromatic carbocycles. The number of aromatic amines is 1. The first kappa shape index (κ1) is 23.2. The van der Waals surface area contributed by atoms with Crippen molar-refractivity contribution in [1.82, 2.24) is 25.1 Å². The molecule has 0 aliphatic rings. The van der Waals surface area contributed by atoms with Gasteiger partial charge in [-0.05, 0) is 42.5 Å². The number of carbonyl (C=O) groups is 2. The Bertz CT molecular complexity index is 1640. The van der Waals surface area contributed by atoms with Gasteiger partial charge in [0, 0.05) is 46.3 Å². The average Bonchev–Trinajstić information content (AvgIpc) is 3.43. The lowest BCUT2D eigenvalue weighted by Crippen LogP contribution is -2.30. The SMILES string of the molecule is CC(=O)c1c(CNC(=O)c2ccc(-c3ncn[nH]3)cc2)c(=O)c2ccc(Cl)cc2n1-c1ccccc1. The van der Waals surface area contributed by atoms with E-state index in [-0.39, 0.29) is 34.9 Å². The van der Waals surface area contributed by atoms with Crippen LogP contribution in [-0.4, -0.2) is 31.4 Å². The largest absolute Gasteiger partial charge is 0.348 e. The van der Waals surface area contributed by atoms with Crippen molar-refractivity contribution in [2.24, 2.45) is 0 Å². The summed E-state index contributed by atoms with van der Waals surface area (Å²) in [6.45, 7) is 1.28. The minimum atomic E-state index is -0.379. The van der Waals surface area contributed by atoms with Gasteiger partial charge in [-0.1, -0.05) is 41.9 Å². The van der Waals surface area contributed by atoms with Gasteiger partial charge in [-0.3, -0.25) is 19.5 Å². The smallest absolute Gasteiger partial charge is 0.251 e. The van der Waals surface area contributed by atoms with E-state index in [0.717, 1.165) is 5.56 Å². The second-order valence-electron chi connectivity index (χ2n) is 8.14. The van der Waals surface area contributed by atoms with Crippen molar-refractivity contribution in [2.75, 3.05) is 0 Å². The van der Waals surface area contributed by atoms with Crippen molar-refractivity contribution in [1.29, 1.82) is 0 Å². The fourth-order valence-corrected chi connectivity index (χ4v) is 4.35. The number of ketones is 1. The molecule has 0 radical (unpaired) electrons. The van der Waals surface area contributed by atoms with Crippen LogP contribution >= 0.6 is 11.6 Å². The first-order valence-corrected chi connectivity index (χ1v) is 11.5. The average molecular weight is 498 g/mol. The molecule has 36 heavy (non-hydrogen) atoms. The number of nitrogens with one attached hydrogen (secondary N) is 2. The molecule has 0 bridgehead atoms. The fourth-order valence-electron chi connectivity index (χ4n) is 4.18. The van der Waals surface area contributed by atoms with Crippen molar-refractivity contribution >= 4 is 34.2 Å². The van der Waals surface area contributed by atoms with E-state index in [1.165, 1.54) is 13.3 Å². The van der Waals surface area contributed by atoms with Crippen LogP contribution in [0.3, 0.4) is 0 Å². The lowest BCUT2D eigenvalue weighted by Gasteiger charge is -2.19. The van der Waals surface area contributed by atoms with Crippen LogP contribution in [0.1, 0.15) is 33.3 Å². The number of nitrogens with zero attached hydrogens (tertiary/aromatic N) is 3. The van der Waals surface area contributed by atoms with Crippen LogP contribution < -0.4 is 10.7 Å². The van der Waals surface area contributed by atoms with Crippen molar-refractivity contribution in [3.05, 3.63) is 111 Å². The number of aromatic nitrogens is 4. The van der Waals surface area contributed by atoms with Crippen LogP contribution in [-0.2, 0) is 6.54 Å². The number of hydrogen-bond donors (Lipinski definition) is 2. The van der Waals surface area contributed by atoms with E-state index in [0.29, 0.717) is 33.0 Å². The van der Waals surface area contributed by atoms with Crippen molar-refractivity contribution in [3.63, 3.8) is 0 Å². The lowest BCUT2D eigenvalue weighted by atomic mass is 10.0. The Kier molecular flexibility index (Phi) is 6.18. The van der Waals surface area contributed by atoms with Gasteiger partial charge >= 0.3 is 0 Å². The summed E-state index contributed by atoms with van der Waals surface area (Å²) in [4.78, 5) is 43.4. The molecule has 9 heteroatoms. The van der Waals surface area contributed by atoms with Crippen molar-refractivity contribution < 1.29 is 9.59 Å². The highest BCUT2D eigenvalue weighted by Gasteiger charge is 2.22. The molecular formula is C27H20ClN5O3. The summed E-state index contributed by atoms with van der Waals surface area (Å²) >= 11 is 6.25. The molecule has 2 heterocycles. The van der Waals surface area contributed by atoms with Crippen LogP contribution in [0.15, 0.2) is 83.9 Å². The van der Waals surface area contributed by atoms with E-state index < -0.39 is 0 Å². The highest BCUT2D eigenvalue weighted by molar-refractivity contribution is 6.31. The molecule has 0 fully saturated rings. The fraction of sp³-hybridized carbons (Fsp3) is 0.0741. The maximum atomic E-state index is 13.5. The summed E-state index contributed by atoms with van der Waals surface area (Å²) in [5, 5.41) is 10.2. The Morgan fingerprint density at radius 1 is 1.03 bits per heavy atom. The Labute approximate surface area is 210 Å². The number of Topliss-reactive ketones (excluding diaryl/α,β-unsaturated/α-hetero) is 1. The number of benzene rings is 3. The van der Waals surface area contributed by atoms with E-state index in [1.807, 2.05) is 30.3 Å². The number of H-pyrrole nitrogens is 1. The quantitative estimate of drug-likeness (QED) is 0.334. The van der Waals surface area contributed by atoms with Gasteiger partial charge in [-0.2, -0.15) is 5.10 Å². The van der Waals surface area contributed by atoms with Crippen molar-refractivity contribution in [2.45, 2.75) is 13.5 Å². The normalized spacial score (nSPS) is 10.9. The molecule has 0 atom stereocenters. The second-order valence-corrected chi connectivity index (χ2v) is 8.58. The minimum Gasteiger partial charge on any atom is -0.348 e. The number of para-hydroxylation sites is 1. The molecule has 178 valence electrons. The Morgan fingerprint density at radius 2 is 1.78 bits per heavy atom. The number of pyridine rings is 1. The van der Waals surface area contributed by atoms with Gasteiger partial charge in [0.05, 0.1) is 11.2 Å². The molecule has 0 saturated heterocycles. The third-order valence-corrected chi connectivity index (χ3v) is 6.07. The number of fused-ring (bicyclic) bond motifs is 1. The monoisotopic (exact) mass is 497 g/mol. The predicted molar refractivity (Wildman–Crippen MR) is 138 cm³/mol. The van der Waals surface area contributed by atoms with Crippen molar-refractivity contribution in [3.8, 4) is 17.1 Å². The molecule has 5 rings (SSSR count). The number of carbonyl (C=O) groups excluding carboxylic acids is 2. The van der Waals surface area contributed by atoms with Crippen LogP contribution in [0.25, 0.3) is 28.0 Å². The molecule has 0 spiro atoms. The van der Waals surface area contributed by atoms with E-state index in [2.05, 4.69) is 20.5 Å². The zero-order valence-electron chi connectivity index (χ0n) is 19.2. The van der Waals surface area contributed by atoms with E-state index in [9.17, 15) is 14.4 Å².